The van der Waals surface area contributed by atoms with Gasteiger partial charge in [-0.1, -0.05) is 212 Å². The third-order valence-corrected chi connectivity index (χ3v) is 17.8. The van der Waals surface area contributed by atoms with Crippen molar-refractivity contribution in [3.8, 4) is 33.6 Å². The first-order chi connectivity index (χ1) is 31.3. The van der Waals surface area contributed by atoms with Crippen LogP contribution < -0.4 is 20.7 Å². The van der Waals surface area contributed by atoms with E-state index in [1.165, 1.54) is 86.6 Å². The molecule has 12 rings (SSSR count). The van der Waals surface area contributed by atoms with Crippen LogP contribution in [-0.2, 0) is 0 Å². The van der Waals surface area contributed by atoms with Crippen LogP contribution in [0.3, 0.4) is 0 Å². The summed E-state index contributed by atoms with van der Waals surface area (Å²) in [5.41, 5.74) is 11.8. The normalized spacial score (nSPS) is 11.8. The topological polar surface area (TPSA) is 9.86 Å². The maximum Gasteiger partial charge on any atom is 0.179 e. The zero-order valence-electron chi connectivity index (χ0n) is 34.6. The summed E-state index contributed by atoms with van der Waals surface area (Å²) in [5.74, 6) is 0. The van der Waals surface area contributed by atoms with E-state index in [4.69, 9.17) is 0 Å². The third kappa shape index (κ3) is 5.93. The van der Waals surface area contributed by atoms with Crippen molar-refractivity contribution < 1.29 is 0 Å². The van der Waals surface area contributed by atoms with E-state index in [0.717, 1.165) is 11.4 Å². The zero-order chi connectivity index (χ0) is 41.7. The molecule has 0 fully saturated rings. The van der Waals surface area contributed by atoms with Gasteiger partial charge in [-0.2, -0.15) is 0 Å². The number of rotatable bonds is 8. The van der Waals surface area contributed by atoms with Crippen LogP contribution in [0.4, 0.5) is 0 Å². The highest BCUT2D eigenvalue weighted by Crippen LogP contribution is 2.41. The van der Waals surface area contributed by atoms with Crippen LogP contribution in [0.5, 0.6) is 0 Å². The van der Waals surface area contributed by atoms with Gasteiger partial charge < -0.3 is 9.13 Å². The molecule has 0 unspecified atom stereocenters. The predicted molar refractivity (Wildman–Crippen MR) is 270 cm³/mol. The Hall–Kier alpha value is -7.98. The molecule has 0 saturated heterocycles. The van der Waals surface area contributed by atoms with Crippen molar-refractivity contribution >= 4 is 72.4 Å². The first kappa shape index (κ1) is 36.8. The summed E-state index contributed by atoms with van der Waals surface area (Å²) in [6, 6.07) is 94.3. The van der Waals surface area contributed by atoms with E-state index in [9.17, 15) is 0 Å². The standard InChI is InChI=1S/C60H42N2Si/c1-6-19-43(20-7-1)45-33-36-47(37-34-45)61-57-40-35-46(44-21-8-2-9-22-44)41-55(57)54-30-18-32-58(60(54)61)62-56-31-17-16-29-52(56)53-39-38-51(42-59(53)62)63(48-23-10-3-11-24-48,49-25-12-4-13-26-49)50-27-14-5-15-28-50/h1-42H. The van der Waals surface area contributed by atoms with Crippen molar-refractivity contribution in [1.82, 2.24) is 9.13 Å². The van der Waals surface area contributed by atoms with Crippen LogP contribution in [0.2, 0.25) is 0 Å². The second kappa shape index (κ2) is 15.2. The first-order valence-corrected chi connectivity index (χ1v) is 23.8. The average Bonchev–Trinajstić information content (AvgIpc) is 3.88. The summed E-state index contributed by atoms with van der Waals surface area (Å²) in [6.07, 6.45) is 0. The Labute approximate surface area is 368 Å². The Bertz CT molecular complexity index is 3480. The van der Waals surface area contributed by atoms with E-state index in [2.05, 4.69) is 264 Å². The minimum absolute atomic E-state index is 1.12. The Morgan fingerprint density at radius 2 is 0.730 bits per heavy atom. The van der Waals surface area contributed by atoms with E-state index in [1.54, 1.807) is 0 Å². The fourth-order valence-electron chi connectivity index (χ4n) is 10.3. The number of fused-ring (bicyclic) bond motifs is 6. The number of aromatic nitrogens is 2. The second-order valence-electron chi connectivity index (χ2n) is 16.5. The average molecular weight is 819 g/mol. The highest BCUT2D eigenvalue weighted by molar-refractivity contribution is 7.20. The SMILES string of the molecule is c1ccc(-c2ccc(-n3c4ccc(-c5ccccc5)cc4c4cccc(-n5c6ccccc6c6ccc([Si](c7ccccc7)(c7ccccc7)c7ccccc7)cc65)c43)cc2)cc1. The van der Waals surface area contributed by atoms with Gasteiger partial charge in [0.2, 0.25) is 0 Å². The molecule has 0 amide bonds. The number of para-hydroxylation sites is 2. The Morgan fingerprint density at radius 3 is 1.35 bits per heavy atom. The predicted octanol–water partition coefficient (Wildman–Crippen LogP) is 12.6. The van der Waals surface area contributed by atoms with Gasteiger partial charge in [0.1, 0.15) is 0 Å². The minimum atomic E-state index is -2.82. The molecule has 0 atom stereocenters. The Balaban J connectivity index is 1.18. The number of hydrogen-bond acceptors (Lipinski definition) is 0. The zero-order valence-corrected chi connectivity index (χ0v) is 35.6. The van der Waals surface area contributed by atoms with E-state index < -0.39 is 8.07 Å². The molecule has 3 heteroatoms. The van der Waals surface area contributed by atoms with Crippen LogP contribution in [0, 0.1) is 0 Å². The molecule has 2 aromatic heterocycles. The van der Waals surface area contributed by atoms with Crippen LogP contribution in [0.15, 0.2) is 255 Å². The van der Waals surface area contributed by atoms with Gasteiger partial charge in [0.15, 0.2) is 8.07 Å². The van der Waals surface area contributed by atoms with Gasteiger partial charge >= 0.3 is 0 Å². The van der Waals surface area contributed by atoms with Crippen LogP contribution in [0.1, 0.15) is 0 Å². The molecule has 0 spiro atoms. The first-order valence-electron chi connectivity index (χ1n) is 21.8. The summed E-state index contributed by atoms with van der Waals surface area (Å²) < 4.78 is 5.04. The Morgan fingerprint density at radius 1 is 0.254 bits per heavy atom. The van der Waals surface area contributed by atoms with Crippen LogP contribution in [-0.4, -0.2) is 17.2 Å². The summed E-state index contributed by atoms with van der Waals surface area (Å²) in [6.45, 7) is 0. The molecule has 0 bridgehead atoms. The van der Waals surface area contributed by atoms with Gasteiger partial charge in [-0.05, 0) is 85.5 Å². The molecule has 2 heterocycles. The van der Waals surface area contributed by atoms with E-state index in [0.29, 0.717) is 0 Å². The fourth-order valence-corrected chi connectivity index (χ4v) is 15.0. The summed E-state index contributed by atoms with van der Waals surface area (Å²) in [4.78, 5) is 0. The van der Waals surface area contributed by atoms with Gasteiger partial charge in [0.05, 0.1) is 27.8 Å². The van der Waals surface area contributed by atoms with Crippen LogP contribution >= 0.6 is 0 Å². The highest BCUT2D eigenvalue weighted by atomic mass is 28.3. The molecule has 2 nitrogen and oxygen atoms in total. The van der Waals surface area contributed by atoms with Crippen molar-refractivity contribution in [1.29, 1.82) is 0 Å². The molecule has 0 aliphatic carbocycles. The van der Waals surface area contributed by atoms with Gasteiger partial charge in [-0.25, -0.2) is 0 Å². The fraction of sp³-hybridized carbons (Fsp3) is 0. The van der Waals surface area contributed by atoms with E-state index in [-0.39, 0.29) is 0 Å². The maximum atomic E-state index is 2.54. The van der Waals surface area contributed by atoms with E-state index in [1.807, 2.05) is 0 Å². The van der Waals surface area contributed by atoms with Crippen molar-refractivity contribution in [2.45, 2.75) is 0 Å². The second-order valence-corrected chi connectivity index (χ2v) is 20.3. The number of hydrogen-bond donors (Lipinski definition) is 0. The molecule has 12 aromatic rings. The molecule has 0 N–H and O–H groups in total. The molecule has 0 aliphatic heterocycles. The van der Waals surface area contributed by atoms with Crippen LogP contribution in [0.25, 0.3) is 77.2 Å². The van der Waals surface area contributed by atoms with E-state index >= 15 is 0 Å². The Kier molecular flexibility index (Phi) is 8.87. The molecule has 63 heavy (non-hydrogen) atoms. The summed E-state index contributed by atoms with van der Waals surface area (Å²) in [5, 5.41) is 10.4. The molecule has 0 radical (unpaired) electrons. The van der Waals surface area contributed by atoms with Gasteiger partial charge in [-0.15, -0.1) is 0 Å². The molecule has 0 saturated carbocycles. The largest absolute Gasteiger partial charge is 0.307 e. The smallest absolute Gasteiger partial charge is 0.179 e. The van der Waals surface area contributed by atoms with Gasteiger partial charge in [0.25, 0.3) is 0 Å². The lowest BCUT2D eigenvalue weighted by Gasteiger charge is -2.34. The lowest BCUT2D eigenvalue weighted by atomic mass is 10.0. The lowest BCUT2D eigenvalue weighted by Crippen LogP contribution is -2.74. The summed E-state index contributed by atoms with van der Waals surface area (Å²) in [7, 11) is -2.82. The molecule has 0 aliphatic rings. The monoisotopic (exact) mass is 818 g/mol. The molecule has 10 aromatic carbocycles. The number of benzene rings is 10. The maximum absolute atomic E-state index is 2.82. The minimum Gasteiger partial charge on any atom is -0.307 e. The highest BCUT2D eigenvalue weighted by Gasteiger charge is 2.41. The summed E-state index contributed by atoms with van der Waals surface area (Å²) >= 11 is 0. The molecular weight excluding hydrogens is 777 g/mol. The third-order valence-electron chi connectivity index (χ3n) is 13.1. The van der Waals surface area contributed by atoms with Crippen molar-refractivity contribution in [3.05, 3.63) is 255 Å². The number of nitrogens with zero attached hydrogens (tertiary/aromatic N) is 2. The van der Waals surface area contributed by atoms with Crippen molar-refractivity contribution in [3.63, 3.8) is 0 Å². The quantitative estimate of drug-likeness (QED) is 0.107. The lowest BCUT2D eigenvalue weighted by molar-refractivity contribution is 1.13. The van der Waals surface area contributed by atoms with Gasteiger partial charge in [0, 0.05) is 27.2 Å². The molecule has 296 valence electrons. The van der Waals surface area contributed by atoms with Crippen molar-refractivity contribution in [2.24, 2.45) is 0 Å². The van der Waals surface area contributed by atoms with Gasteiger partial charge in [-0.3, -0.25) is 0 Å². The van der Waals surface area contributed by atoms with Crippen molar-refractivity contribution in [2.75, 3.05) is 0 Å². The molecular formula is C60H42N2Si.